The van der Waals surface area contributed by atoms with Gasteiger partial charge in [0.1, 0.15) is 13.2 Å². The van der Waals surface area contributed by atoms with Crippen molar-refractivity contribution >= 4 is 40.6 Å². The molecule has 0 bridgehead atoms. The molecule has 2 N–H and O–H groups in total. The monoisotopic (exact) mass is 465 g/mol. The first-order valence-electron chi connectivity index (χ1n) is 9.96. The van der Waals surface area contributed by atoms with Crippen LogP contribution >= 0.6 is 11.8 Å². The third-order valence-corrected chi connectivity index (χ3v) is 5.62. The summed E-state index contributed by atoms with van der Waals surface area (Å²) in [6.07, 6.45) is 0. The van der Waals surface area contributed by atoms with E-state index in [9.17, 15) is 19.7 Å². The van der Waals surface area contributed by atoms with Crippen LogP contribution in [0.15, 0.2) is 71.6 Å². The molecule has 0 atom stereocenters. The predicted molar refractivity (Wildman–Crippen MR) is 124 cm³/mol. The second-order valence-corrected chi connectivity index (χ2v) is 8.03. The number of fused-ring (bicyclic) bond motifs is 1. The lowest BCUT2D eigenvalue weighted by molar-refractivity contribution is -0.384. The van der Waals surface area contributed by atoms with Crippen molar-refractivity contribution in [2.24, 2.45) is 0 Å². The summed E-state index contributed by atoms with van der Waals surface area (Å²) >= 11 is 1.32. The van der Waals surface area contributed by atoms with Crippen LogP contribution in [0.5, 0.6) is 11.5 Å². The number of anilines is 2. The van der Waals surface area contributed by atoms with Crippen LogP contribution in [0, 0.1) is 10.1 Å². The Hall–Kier alpha value is -4.05. The summed E-state index contributed by atoms with van der Waals surface area (Å²) in [6.45, 7) is 0.972. The second kappa shape index (κ2) is 10.0. The second-order valence-electron chi connectivity index (χ2n) is 6.98. The molecule has 0 aromatic heterocycles. The number of nitro benzene ring substituents is 1. The third-order valence-electron chi connectivity index (χ3n) is 4.63. The maximum absolute atomic E-state index is 12.4. The van der Waals surface area contributed by atoms with Crippen molar-refractivity contribution < 1.29 is 24.0 Å². The van der Waals surface area contributed by atoms with Crippen molar-refractivity contribution in [2.45, 2.75) is 4.90 Å². The van der Waals surface area contributed by atoms with Crippen LogP contribution < -0.4 is 20.1 Å². The Labute approximate surface area is 193 Å². The minimum absolute atomic E-state index is 0.0838. The average molecular weight is 465 g/mol. The van der Waals surface area contributed by atoms with Crippen LogP contribution in [-0.2, 0) is 4.79 Å². The summed E-state index contributed by atoms with van der Waals surface area (Å²) in [5, 5.41) is 16.3. The number of amides is 2. The lowest BCUT2D eigenvalue weighted by Crippen LogP contribution is -2.17. The zero-order valence-electron chi connectivity index (χ0n) is 17.3. The molecule has 0 fully saturated rings. The zero-order valence-corrected chi connectivity index (χ0v) is 18.1. The van der Waals surface area contributed by atoms with Gasteiger partial charge in [-0.25, -0.2) is 0 Å². The number of carbonyl (C=O) groups excluding carboxylic acids is 2. The largest absolute Gasteiger partial charge is 0.486 e. The Morgan fingerprint density at radius 1 is 0.909 bits per heavy atom. The van der Waals surface area contributed by atoms with Crippen LogP contribution in [0.25, 0.3) is 0 Å². The molecule has 0 saturated carbocycles. The molecule has 1 heterocycles. The van der Waals surface area contributed by atoms with Crippen LogP contribution in [0.1, 0.15) is 10.4 Å². The number of nitrogens with zero attached hydrogens (tertiary/aromatic N) is 1. The van der Waals surface area contributed by atoms with Gasteiger partial charge in [0.15, 0.2) is 11.5 Å². The van der Waals surface area contributed by atoms with Gasteiger partial charge in [0.05, 0.1) is 10.7 Å². The summed E-state index contributed by atoms with van der Waals surface area (Å²) < 4.78 is 11.0. The Bertz CT molecular complexity index is 1200. The van der Waals surface area contributed by atoms with E-state index in [0.717, 1.165) is 4.90 Å². The van der Waals surface area contributed by atoms with Gasteiger partial charge in [-0.05, 0) is 42.5 Å². The molecule has 3 aromatic rings. The molecule has 0 spiro atoms. The maximum Gasteiger partial charge on any atom is 0.269 e. The number of non-ortho nitro benzene ring substituents is 1. The summed E-state index contributed by atoms with van der Waals surface area (Å²) in [4.78, 5) is 35.8. The van der Waals surface area contributed by atoms with E-state index in [2.05, 4.69) is 10.6 Å². The van der Waals surface area contributed by atoms with Crippen molar-refractivity contribution in [1.82, 2.24) is 0 Å². The first-order chi connectivity index (χ1) is 16.0. The molecule has 4 rings (SSSR count). The standard InChI is InChI=1S/C23H19N3O6S/c27-22(24-17-6-9-20-21(13-17)32-11-10-31-20)14-33-19-3-1-2-16(12-19)25-23(28)15-4-7-18(8-5-15)26(29)30/h1-9,12-13H,10-11,14H2,(H,24,27)(H,25,28). The lowest BCUT2D eigenvalue weighted by Gasteiger charge is -2.19. The third kappa shape index (κ3) is 5.80. The summed E-state index contributed by atoms with van der Waals surface area (Å²) in [6, 6.07) is 17.7. The molecule has 10 heteroatoms. The number of hydrogen-bond acceptors (Lipinski definition) is 7. The Balaban J connectivity index is 1.31. The van der Waals surface area contributed by atoms with Crippen LogP contribution in [0.3, 0.4) is 0 Å². The molecular weight excluding hydrogens is 446 g/mol. The summed E-state index contributed by atoms with van der Waals surface area (Å²) in [5.74, 6) is 0.860. The Kier molecular flexibility index (Phi) is 6.75. The summed E-state index contributed by atoms with van der Waals surface area (Å²) in [5.41, 5.74) is 1.39. The van der Waals surface area contributed by atoms with Gasteiger partial charge >= 0.3 is 0 Å². The highest BCUT2D eigenvalue weighted by Gasteiger charge is 2.13. The number of carbonyl (C=O) groups is 2. The van der Waals surface area contributed by atoms with E-state index in [1.54, 1.807) is 36.4 Å². The van der Waals surface area contributed by atoms with E-state index < -0.39 is 4.92 Å². The van der Waals surface area contributed by atoms with Gasteiger partial charge in [0.25, 0.3) is 11.6 Å². The topological polar surface area (TPSA) is 120 Å². The number of rotatable bonds is 7. The van der Waals surface area contributed by atoms with Gasteiger partial charge < -0.3 is 20.1 Å². The highest BCUT2D eigenvalue weighted by Crippen LogP contribution is 2.32. The first-order valence-corrected chi connectivity index (χ1v) is 10.9. The molecule has 0 unspecified atom stereocenters. The molecule has 1 aliphatic heterocycles. The highest BCUT2D eigenvalue weighted by molar-refractivity contribution is 8.00. The van der Waals surface area contributed by atoms with Gasteiger partial charge in [-0.1, -0.05) is 6.07 Å². The smallest absolute Gasteiger partial charge is 0.269 e. The minimum atomic E-state index is -0.522. The van der Waals surface area contributed by atoms with E-state index in [1.807, 2.05) is 6.07 Å². The van der Waals surface area contributed by atoms with Gasteiger partial charge in [-0.15, -0.1) is 11.8 Å². The van der Waals surface area contributed by atoms with Crippen LogP contribution in [0.4, 0.5) is 17.1 Å². The van der Waals surface area contributed by atoms with Crippen molar-refractivity contribution in [3.63, 3.8) is 0 Å². The molecule has 0 saturated heterocycles. The summed E-state index contributed by atoms with van der Waals surface area (Å²) in [7, 11) is 0. The number of nitrogens with one attached hydrogen (secondary N) is 2. The quantitative estimate of drug-likeness (QED) is 0.302. The fourth-order valence-corrected chi connectivity index (χ4v) is 3.82. The number of benzene rings is 3. The average Bonchev–Trinajstić information content (AvgIpc) is 2.83. The minimum Gasteiger partial charge on any atom is -0.486 e. The molecule has 33 heavy (non-hydrogen) atoms. The number of hydrogen-bond donors (Lipinski definition) is 2. The van der Waals surface area contributed by atoms with E-state index in [4.69, 9.17) is 9.47 Å². The Morgan fingerprint density at radius 2 is 1.64 bits per heavy atom. The fraction of sp³-hybridized carbons (Fsp3) is 0.130. The molecule has 9 nitrogen and oxygen atoms in total. The van der Waals surface area contributed by atoms with Gasteiger partial charge in [-0.3, -0.25) is 19.7 Å². The first kappa shape index (κ1) is 22.2. The molecular formula is C23H19N3O6S. The van der Waals surface area contributed by atoms with Gasteiger partial charge in [0.2, 0.25) is 5.91 Å². The molecule has 2 amide bonds. The SMILES string of the molecule is O=C(CSc1cccc(NC(=O)c2ccc([N+](=O)[O-])cc2)c1)Nc1ccc2c(c1)OCCO2. The van der Waals surface area contributed by atoms with Gasteiger partial charge in [0, 0.05) is 40.0 Å². The fourth-order valence-electron chi connectivity index (χ4n) is 3.07. The normalized spacial score (nSPS) is 12.0. The van der Waals surface area contributed by atoms with Crippen molar-refractivity contribution in [2.75, 3.05) is 29.6 Å². The zero-order chi connectivity index (χ0) is 23.2. The molecule has 168 valence electrons. The van der Waals surface area contributed by atoms with Gasteiger partial charge in [-0.2, -0.15) is 0 Å². The Morgan fingerprint density at radius 3 is 2.39 bits per heavy atom. The number of thioether (sulfide) groups is 1. The van der Waals surface area contributed by atoms with Crippen molar-refractivity contribution in [3.05, 3.63) is 82.4 Å². The predicted octanol–water partition coefficient (Wildman–Crippen LogP) is 4.35. The van der Waals surface area contributed by atoms with E-state index in [1.165, 1.54) is 36.0 Å². The maximum atomic E-state index is 12.4. The lowest BCUT2D eigenvalue weighted by atomic mass is 10.2. The van der Waals surface area contributed by atoms with Crippen molar-refractivity contribution in [3.8, 4) is 11.5 Å². The molecule has 0 radical (unpaired) electrons. The number of nitro groups is 1. The van der Waals surface area contributed by atoms with E-state index in [-0.39, 0.29) is 23.3 Å². The van der Waals surface area contributed by atoms with Crippen molar-refractivity contribution in [1.29, 1.82) is 0 Å². The van der Waals surface area contributed by atoms with E-state index >= 15 is 0 Å². The van der Waals surface area contributed by atoms with Crippen LogP contribution in [0.2, 0.25) is 0 Å². The highest BCUT2D eigenvalue weighted by atomic mass is 32.2. The molecule has 3 aromatic carbocycles. The number of ether oxygens (including phenoxy) is 2. The molecule has 1 aliphatic rings. The van der Waals surface area contributed by atoms with Crippen LogP contribution in [-0.4, -0.2) is 35.7 Å². The van der Waals surface area contributed by atoms with E-state index in [0.29, 0.717) is 41.7 Å². The molecule has 0 aliphatic carbocycles.